The van der Waals surface area contributed by atoms with Crippen LogP contribution in [0.15, 0.2) is 54.6 Å². The highest BCUT2D eigenvalue weighted by Crippen LogP contribution is 2.24. The summed E-state index contributed by atoms with van der Waals surface area (Å²) in [6, 6.07) is 14.5. The van der Waals surface area contributed by atoms with E-state index in [1.54, 1.807) is 19.1 Å². The van der Waals surface area contributed by atoms with Gasteiger partial charge in [0.05, 0.1) is 11.4 Å². The second-order valence-corrected chi connectivity index (χ2v) is 6.40. The van der Waals surface area contributed by atoms with Crippen molar-refractivity contribution in [2.24, 2.45) is 0 Å². The quantitative estimate of drug-likeness (QED) is 0.651. The zero-order valence-electron chi connectivity index (χ0n) is 15.1. The van der Waals surface area contributed by atoms with Crippen molar-refractivity contribution in [3.63, 3.8) is 0 Å². The average molecular weight is 402 g/mol. The fourth-order valence-corrected chi connectivity index (χ4v) is 2.90. The van der Waals surface area contributed by atoms with Crippen LogP contribution < -0.4 is 5.32 Å². The number of esters is 1. The first-order valence-corrected chi connectivity index (χ1v) is 8.82. The predicted octanol–water partition coefficient (Wildman–Crippen LogP) is 4.16. The van der Waals surface area contributed by atoms with Crippen LogP contribution in [0, 0.1) is 12.7 Å². The number of anilines is 1. The maximum absolute atomic E-state index is 13.2. The first-order chi connectivity index (χ1) is 13.4. The van der Waals surface area contributed by atoms with Crippen molar-refractivity contribution in [3.8, 4) is 5.69 Å². The van der Waals surface area contributed by atoms with Gasteiger partial charge in [0.1, 0.15) is 16.5 Å². The molecule has 8 heteroatoms. The molecule has 0 saturated heterocycles. The van der Waals surface area contributed by atoms with Crippen LogP contribution in [0.2, 0.25) is 5.15 Å². The number of carbonyl (C=O) groups is 2. The van der Waals surface area contributed by atoms with E-state index < -0.39 is 23.8 Å². The van der Waals surface area contributed by atoms with Crippen LogP contribution in [0.25, 0.3) is 5.69 Å². The lowest BCUT2D eigenvalue weighted by atomic mass is 10.2. The summed E-state index contributed by atoms with van der Waals surface area (Å²) in [5.41, 5.74) is 1.40. The molecule has 0 radical (unpaired) electrons. The molecule has 3 aromatic rings. The monoisotopic (exact) mass is 401 g/mol. The second-order valence-electron chi connectivity index (χ2n) is 6.05. The summed E-state index contributed by atoms with van der Waals surface area (Å²) in [6.07, 6.45) is -1.12. The van der Waals surface area contributed by atoms with Gasteiger partial charge in [0.25, 0.3) is 5.91 Å². The van der Waals surface area contributed by atoms with E-state index in [2.05, 4.69) is 10.4 Å². The summed E-state index contributed by atoms with van der Waals surface area (Å²) in [4.78, 5) is 24.8. The Kier molecular flexibility index (Phi) is 5.75. The molecular weight excluding hydrogens is 385 g/mol. The third kappa shape index (κ3) is 4.20. The maximum Gasteiger partial charge on any atom is 0.344 e. The van der Waals surface area contributed by atoms with Gasteiger partial charge in [0.15, 0.2) is 6.10 Å². The number of rotatable bonds is 5. The lowest BCUT2D eigenvalue weighted by Crippen LogP contribution is -2.30. The van der Waals surface area contributed by atoms with Crippen LogP contribution in [0.4, 0.5) is 10.1 Å². The van der Waals surface area contributed by atoms with Crippen molar-refractivity contribution in [2.45, 2.75) is 20.0 Å². The van der Waals surface area contributed by atoms with Gasteiger partial charge in [-0.05, 0) is 44.2 Å². The third-order valence-corrected chi connectivity index (χ3v) is 4.30. The number of aromatic nitrogens is 2. The largest absolute Gasteiger partial charge is 0.449 e. The first kappa shape index (κ1) is 19.6. The lowest BCUT2D eigenvalue weighted by Gasteiger charge is -2.13. The van der Waals surface area contributed by atoms with Gasteiger partial charge in [-0.25, -0.2) is 13.9 Å². The predicted molar refractivity (Wildman–Crippen MR) is 103 cm³/mol. The molecule has 0 saturated carbocycles. The highest BCUT2D eigenvalue weighted by atomic mass is 35.5. The number of hydrogen-bond donors (Lipinski definition) is 1. The van der Waals surface area contributed by atoms with Crippen LogP contribution in [0.1, 0.15) is 23.0 Å². The fourth-order valence-electron chi connectivity index (χ4n) is 2.55. The summed E-state index contributed by atoms with van der Waals surface area (Å²) in [6.45, 7) is 3.04. The SMILES string of the molecule is Cc1nn(-c2ccccc2)c(Cl)c1C(=O)O[C@@H](C)C(=O)Nc1cccc(F)c1. The van der Waals surface area contributed by atoms with Gasteiger partial charge in [-0.15, -0.1) is 0 Å². The molecule has 28 heavy (non-hydrogen) atoms. The van der Waals surface area contributed by atoms with Gasteiger partial charge in [-0.1, -0.05) is 35.9 Å². The number of halogens is 2. The lowest BCUT2D eigenvalue weighted by molar-refractivity contribution is -0.123. The molecular formula is C20H17ClFN3O3. The van der Waals surface area contributed by atoms with Crippen LogP contribution in [-0.2, 0) is 9.53 Å². The van der Waals surface area contributed by atoms with Crippen LogP contribution in [0.5, 0.6) is 0 Å². The van der Waals surface area contributed by atoms with E-state index in [0.29, 0.717) is 11.4 Å². The molecule has 1 N–H and O–H groups in total. The topological polar surface area (TPSA) is 73.2 Å². The minimum atomic E-state index is -1.12. The molecule has 1 amide bonds. The summed E-state index contributed by atoms with van der Waals surface area (Å²) in [7, 11) is 0. The number of para-hydroxylation sites is 1. The van der Waals surface area contributed by atoms with Crippen molar-refractivity contribution in [1.29, 1.82) is 0 Å². The van der Waals surface area contributed by atoms with Crippen molar-refractivity contribution in [3.05, 3.63) is 76.8 Å². The van der Waals surface area contributed by atoms with Gasteiger partial charge in [-0.3, -0.25) is 4.79 Å². The fraction of sp³-hybridized carbons (Fsp3) is 0.150. The number of aryl methyl sites for hydroxylation is 1. The standard InChI is InChI=1S/C20H17ClFN3O3/c1-12-17(18(21)25(24-12)16-9-4-3-5-10-16)20(27)28-13(2)19(26)23-15-8-6-7-14(22)11-15/h3-11,13H,1-2H3,(H,23,26)/t13-/m0/s1. The molecule has 1 aromatic heterocycles. The maximum atomic E-state index is 13.2. The Labute approximate surface area is 165 Å². The Morgan fingerprint density at radius 1 is 1.18 bits per heavy atom. The molecule has 144 valence electrons. The number of benzene rings is 2. The minimum absolute atomic E-state index is 0.0796. The van der Waals surface area contributed by atoms with Gasteiger partial charge >= 0.3 is 5.97 Å². The highest BCUT2D eigenvalue weighted by molar-refractivity contribution is 6.33. The second kappa shape index (κ2) is 8.22. The number of nitrogens with one attached hydrogen (secondary N) is 1. The minimum Gasteiger partial charge on any atom is -0.449 e. The first-order valence-electron chi connectivity index (χ1n) is 8.44. The number of nitrogens with zero attached hydrogens (tertiary/aromatic N) is 2. The van der Waals surface area contributed by atoms with E-state index in [9.17, 15) is 14.0 Å². The van der Waals surface area contributed by atoms with Crippen LogP contribution in [0.3, 0.4) is 0 Å². The Balaban J connectivity index is 1.74. The molecule has 2 aromatic carbocycles. The highest BCUT2D eigenvalue weighted by Gasteiger charge is 2.26. The smallest absolute Gasteiger partial charge is 0.344 e. The molecule has 0 aliphatic rings. The Morgan fingerprint density at radius 2 is 1.89 bits per heavy atom. The summed E-state index contributed by atoms with van der Waals surface area (Å²) in [5, 5.41) is 6.85. The zero-order chi connectivity index (χ0) is 20.3. The Hall–Kier alpha value is -3.19. The van der Waals surface area contributed by atoms with Crippen molar-refractivity contribution in [1.82, 2.24) is 9.78 Å². The van der Waals surface area contributed by atoms with Crippen molar-refractivity contribution >= 4 is 29.2 Å². The molecule has 6 nitrogen and oxygen atoms in total. The molecule has 1 atom stereocenters. The third-order valence-electron chi connectivity index (χ3n) is 3.95. The molecule has 0 unspecified atom stereocenters. The molecule has 3 rings (SSSR count). The zero-order valence-corrected chi connectivity index (χ0v) is 15.9. The molecule has 1 heterocycles. The molecule has 0 aliphatic carbocycles. The van der Waals surface area contributed by atoms with Gasteiger partial charge in [-0.2, -0.15) is 5.10 Å². The molecule has 0 fully saturated rings. The van der Waals surface area contributed by atoms with E-state index in [0.717, 1.165) is 6.07 Å². The number of carbonyl (C=O) groups excluding carboxylic acids is 2. The van der Waals surface area contributed by atoms with Crippen LogP contribution >= 0.6 is 11.6 Å². The van der Waals surface area contributed by atoms with E-state index in [1.807, 2.05) is 18.2 Å². The average Bonchev–Trinajstić information content (AvgIpc) is 2.96. The van der Waals surface area contributed by atoms with E-state index in [4.69, 9.17) is 16.3 Å². The van der Waals surface area contributed by atoms with Crippen LogP contribution in [-0.4, -0.2) is 27.8 Å². The summed E-state index contributed by atoms with van der Waals surface area (Å²) < 4.78 is 19.9. The number of ether oxygens (including phenoxy) is 1. The number of hydrogen-bond acceptors (Lipinski definition) is 4. The normalized spacial score (nSPS) is 11.7. The van der Waals surface area contributed by atoms with Gasteiger partial charge in [0, 0.05) is 5.69 Å². The molecule has 0 aliphatic heterocycles. The van der Waals surface area contributed by atoms with Crippen molar-refractivity contribution in [2.75, 3.05) is 5.32 Å². The molecule has 0 bridgehead atoms. The Morgan fingerprint density at radius 3 is 2.57 bits per heavy atom. The molecule has 0 spiro atoms. The van der Waals surface area contributed by atoms with E-state index in [-0.39, 0.29) is 16.4 Å². The van der Waals surface area contributed by atoms with Crippen molar-refractivity contribution < 1.29 is 18.7 Å². The number of amides is 1. The summed E-state index contributed by atoms with van der Waals surface area (Å²) >= 11 is 6.33. The van der Waals surface area contributed by atoms with E-state index >= 15 is 0 Å². The van der Waals surface area contributed by atoms with E-state index in [1.165, 1.54) is 29.8 Å². The summed E-state index contributed by atoms with van der Waals surface area (Å²) in [5.74, 6) is -1.85. The Bertz CT molecular complexity index is 1020. The van der Waals surface area contributed by atoms with Gasteiger partial charge in [0.2, 0.25) is 0 Å². The van der Waals surface area contributed by atoms with Gasteiger partial charge < -0.3 is 10.1 Å².